The van der Waals surface area contributed by atoms with Crippen LogP contribution < -0.4 is 10.1 Å². The van der Waals surface area contributed by atoms with Gasteiger partial charge in [0.1, 0.15) is 17.6 Å². The molecule has 1 fully saturated rings. The minimum Gasteiger partial charge on any atom is -0.405 e. The molecule has 1 N–H and O–H groups in total. The van der Waals surface area contributed by atoms with Crippen LogP contribution in [-0.2, 0) is 19.6 Å². The summed E-state index contributed by atoms with van der Waals surface area (Å²) in [6.07, 6.45) is -2.36. The molecule has 1 heterocycles. The van der Waals surface area contributed by atoms with Crippen LogP contribution in [0.5, 0.6) is 5.75 Å². The highest BCUT2D eigenvalue weighted by molar-refractivity contribution is 7.88. The third-order valence-corrected chi connectivity index (χ3v) is 6.95. The van der Waals surface area contributed by atoms with Crippen molar-refractivity contribution in [3.05, 3.63) is 48.3 Å². The summed E-state index contributed by atoms with van der Waals surface area (Å²) >= 11 is 0. The van der Waals surface area contributed by atoms with Gasteiger partial charge in [0.2, 0.25) is 21.8 Å². The van der Waals surface area contributed by atoms with E-state index in [4.69, 9.17) is 0 Å². The zero-order valence-electron chi connectivity index (χ0n) is 19.5. The summed E-state index contributed by atoms with van der Waals surface area (Å²) in [6.45, 7) is -0.164. The van der Waals surface area contributed by atoms with Gasteiger partial charge in [-0.25, -0.2) is 12.8 Å². The molecule has 0 bridgehead atoms. The van der Waals surface area contributed by atoms with Crippen LogP contribution in [0.15, 0.2) is 42.5 Å². The zero-order valence-corrected chi connectivity index (χ0v) is 20.3. The van der Waals surface area contributed by atoms with E-state index in [9.17, 15) is 35.6 Å². The van der Waals surface area contributed by atoms with Gasteiger partial charge in [-0.05, 0) is 43.5 Å². The van der Waals surface area contributed by atoms with Gasteiger partial charge < -0.3 is 15.0 Å². The number of hydrogen-bond acceptors (Lipinski definition) is 5. The largest absolute Gasteiger partial charge is 0.573 e. The summed E-state index contributed by atoms with van der Waals surface area (Å²) in [6, 6.07) is 7.71. The Labute approximate surface area is 205 Å². The van der Waals surface area contributed by atoms with Gasteiger partial charge in [0.05, 0.1) is 12.8 Å². The third-order valence-electron chi connectivity index (χ3n) is 5.69. The number of piperidine rings is 1. The topological polar surface area (TPSA) is 96.0 Å². The van der Waals surface area contributed by atoms with Crippen molar-refractivity contribution in [2.45, 2.75) is 31.7 Å². The Morgan fingerprint density at radius 2 is 1.83 bits per heavy atom. The van der Waals surface area contributed by atoms with Gasteiger partial charge in [-0.3, -0.25) is 9.59 Å². The highest BCUT2D eigenvalue weighted by Crippen LogP contribution is 2.35. The predicted molar refractivity (Wildman–Crippen MR) is 124 cm³/mol. The average Bonchev–Trinajstić information content (AvgIpc) is 2.78. The van der Waals surface area contributed by atoms with E-state index in [0.29, 0.717) is 19.3 Å². The van der Waals surface area contributed by atoms with Crippen LogP contribution in [0.4, 0.5) is 23.2 Å². The molecule has 36 heavy (non-hydrogen) atoms. The minimum atomic E-state index is -4.96. The number of nitrogens with one attached hydrogen (secondary N) is 1. The normalized spacial score (nSPS) is 16.6. The van der Waals surface area contributed by atoms with E-state index in [0.717, 1.165) is 22.7 Å². The lowest BCUT2D eigenvalue weighted by Crippen LogP contribution is -2.52. The molecule has 13 heteroatoms. The molecule has 3 rings (SSSR count). The van der Waals surface area contributed by atoms with Crippen molar-refractivity contribution in [1.29, 1.82) is 0 Å². The van der Waals surface area contributed by atoms with Crippen molar-refractivity contribution in [2.75, 3.05) is 31.7 Å². The van der Waals surface area contributed by atoms with Gasteiger partial charge in [0.25, 0.3) is 0 Å². The molecule has 0 radical (unpaired) electrons. The minimum absolute atomic E-state index is 0.0432. The van der Waals surface area contributed by atoms with E-state index in [1.165, 1.54) is 42.3 Å². The molecule has 0 saturated carbocycles. The van der Waals surface area contributed by atoms with Gasteiger partial charge in [0, 0.05) is 30.4 Å². The van der Waals surface area contributed by atoms with E-state index in [2.05, 4.69) is 10.1 Å². The fourth-order valence-electron chi connectivity index (χ4n) is 3.84. The van der Waals surface area contributed by atoms with Crippen LogP contribution in [0, 0.1) is 5.82 Å². The third kappa shape index (κ3) is 6.94. The number of nitrogens with zero attached hydrogens (tertiary/aromatic N) is 2. The number of benzene rings is 2. The average molecular weight is 532 g/mol. The smallest absolute Gasteiger partial charge is 0.405 e. The summed E-state index contributed by atoms with van der Waals surface area (Å²) in [5.74, 6) is -2.59. The number of rotatable bonds is 7. The zero-order chi connectivity index (χ0) is 26.7. The standard InChI is InChI=1S/C23H25F4N3O5S/c1-29(36(2,33)34)14-21(31)30-12-6-5-8-19(30)22(32)28-15-10-11-16(18(24)13-15)17-7-3-4-9-20(17)35-23(25,26)27/h3-4,7,9-11,13,19H,5-6,8,12,14H2,1-2H3,(H,28,32). The number of alkyl halides is 3. The van der Waals surface area contributed by atoms with Gasteiger partial charge in [-0.1, -0.05) is 18.2 Å². The van der Waals surface area contributed by atoms with Gasteiger partial charge in [0.15, 0.2) is 0 Å². The summed E-state index contributed by atoms with van der Waals surface area (Å²) in [7, 11) is -2.34. The van der Waals surface area contributed by atoms with E-state index in [1.807, 2.05) is 0 Å². The van der Waals surface area contributed by atoms with Gasteiger partial charge in [-0.2, -0.15) is 4.31 Å². The van der Waals surface area contributed by atoms with Crippen LogP contribution in [0.1, 0.15) is 19.3 Å². The van der Waals surface area contributed by atoms with E-state index < -0.39 is 52.4 Å². The fourth-order valence-corrected chi connectivity index (χ4v) is 4.19. The lowest BCUT2D eigenvalue weighted by atomic mass is 10.0. The summed E-state index contributed by atoms with van der Waals surface area (Å²) in [5.41, 5.74) is -0.239. The van der Waals surface area contributed by atoms with Crippen LogP contribution in [0.25, 0.3) is 11.1 Å². The lowest BCUT2D eigenvalue weighted by molar-refractivity contribution is -0.274. The first-order valence-electron chi connectivity index (χ1n) is 10.9. The molecule has 0 aliphatic carbocycles. The molecule has 2 aromatic carbocycles. The maximum absolute atomic E-state index is 14.9. The quantitative estimate of drug-likeness (QED) is 0.551. The number of hydrogen-bond donors (Lipinski definition) is 1. The van der Waals surface area contributed by atoms with Crippen molar-refractivity contribution < 1.29 is 40.3 Å². The first-order valence-corrected chi connectivity index (χ1v) is 12.8. The molecule has 1 unspecified atom stereocenters. The molecule has 8 nitrogen and oxygen atoms in total. The Morgan fingerprint density at radius 1 is 1.14 bits per heavy atom. The number of halogens is 4. The van der Waals surface area contributed by atoms with Crippen molar-refractivity contribution in [3.8, 4) is 16.9 Å². The van der Waals surface area contributed by atoms with Gasteiger partial charge >= 0.3 is 6.36 Å². The van der Waals surface area contributed by atoms with Crippen LogP contribution in [-0.4, -0.2) is 68.2 Å². The molecule has 1 aliphatic heterocycles. The molecule has 1 aliphatic rings. The van der Waals surface area contributed by atoms with E-state index in [1.54, 1.807) is 0 Å². The Kier molecular flexibility index (Phi) is 8.24. The maximum Gasteiger partial charge on any atom is 0.573 e. The van der Waals surface area contributed by atoms with Crippen molar-refractivity contribution in [3.63, 3.8) is 0 Å². The molecule has 196 valence electrons. The highest BCUT2D eigenvalue weighted by atomic mass is 32.2. The first kappa shape index (κ1) is 27.4. The number of amides is 2. The SMILES string of the molecule is CN(CC(=O)N1CCCCC1C(=O)Nc1ccc(-c2ccccc2OC(F)(F)F)c(F)c1)S(C)(=O)=O. The molecule has 1 atom stereocenters. The molecule has 0 aromatic heterocycles. The Balaban J connectivity index is 1.77. The Morgan fingerprint density at radius 3 is 2.47 bits per heavy atom. The summed E-state index contributed by atoms with van der Waals surface area (Å²) < 4.78 is 81.2. The Hall–Kier alpha value is -3.19. The molecular formula is C23H25F4N3O5S. The first-order chi connectivity index (χ1) is 16.8. The van der Waals surface area contributed by atoms with E-state index >= 15 is 0 Å². The second-order valence-corrected chi connectivity index (χ2v) is 10.4. The molecule has 2 aromatic rings. The molecule has 1 saturated heterocycles. The van der Waals surface area contributed by atoms with Crippen molar-refractivity contribution >= 4 is 27.5 Å². The lowest BCUT2D eigenvalue weighted by Gasteiger charge is -2.35. The fraction of sp³-hybridized carbons (Fsp3) is 0.391. The highest BCUT2D eigenvalue weighted by Gasteiger charge is 2.34. The maximum atomic E-state index is 14.9. The van der Waals surface area contributed by atoms with Crippen LogP contribution >= 0.6 is 0 Å². The number of likely N-dealkylation sites (tertiary alicyclic amines) is 1. The summed E-state index contributed by atoms with van der Waals surface area (Å²) in [5, 5.41) is 2.54. The second-order valence-electron chi connectivity index (χ2n) is 8.35. The second kappa shape index (κ2) is 10.8. The predicted octanol–water partition coefficient (Wildman–Crippen LogP) is 3.60. The number of likely N-dealkylation sites (N-methyl/N-ethyl adjacent to an activating group) is 1. The number of sulfonamides is 1. The molecular weight excluding hydrogens is 506 g/mol. The van der Waals surface area contributed by atoms with Crippen molar-refractivity contribution in [1.82, 2.24) is 9.21 Å². The Bertz CT molecular complexity index is 1240. The number of carbonyl (C=O) groups excluding carboxylic acids is 2. The number of ether oxygens (including phenoxy) is 1. The van der Waals surface area contributed by atoms with Crippen LogP contribution in [0.2, 0.25) is 0 Å². The number of carbonyl (C=O) groups is 2. The molecule has 2 amide bonds. The van der Waals surface area contributed by atoms with E-state index in [-0.39, 0.29) is 23.4 Å². The van der Waals surface area contributed by atoms with Crippen molar-refractivity contribution in [2.24, 2.45) is 0 Å². The molecule has 0 spiro atoms. The summed E-state index contributed by atoms with van der Waals surface area (Å²) in [4.78, 5) is 26.9. The van der Waals surface area contributed by atoms with Crippen LogP contribution in [0.3, 0.4) is 0 Å². The monoisotopic (exact) mass is 531 g/mol. The number of para-hydroxylation sites is 1. The van der Waals surface area contributed by atoms with Gasteiger partial charge in [-0.15, -0.1) is 13.2 Å². The number of anilines is 1.